The van der Waals surface area contributed by atoms with Gasteiger partial charge in [-0.15, -0.1) is 0 Å². The molecule has 0 spiro atoms. The lowest BCUT2D eigenvalue weighted by Gasteiger charge is -2.21. The van der Waals surface area contributed by atoms with Crippen molar-refractivity contribution in [3.8, 4) is 0 Å². The number of nitrogens with two attached hydrogens (primary N) is 1. The Labute approximate surface area is 147 Å². The van der Waals surface area contributed by atoms with Gasteiger partial charge in [-0.1, -0.05) is 49.1 Å². The van der Waals surface area contributed by atoms with Gasteiger partial charge in [-0.2, -0.15) is 13.2 Å². The quantitative estimate of drug-likeness (QED) is 0.451. The first-order valence-electron chi connectivity index (χ1n) is 7.87. The first-order valence-corrected chi connectivity index (χ1v) is 12.8. The number of allylic oxidation sites excluding steroid dienone is 1. The van der Waals surface area contributed by atoms with Gasteiger partial charge in [0.15, 0.2) is 10.1 Å². The second-order valence-electron chi connectivity index (χ2n) is 6.94. The van der Waals surface area contributed by atoms with Crippen molar-refractivity contribution in [3.05, 3.63) is 40.6 Å². The minimum Gasteiger partial charge on any atom is -0.741 e. The van der Waals surface area contributed by atoms with Crippen LogP contribution in [0.1, 0.15) is 18.1 Å². The molecule has 4 nitrogen and oxygen atoms in total. The Bertz CT molecular complexity index is 738. The van der Waals surface area contributed by atoms with Gasteiger partial charge < -0.3 is 9.87 Å². The molecule has 142 valence electrons. The molecule has 1 heterocycles. The van der Waals surface area contributed by atoms with E-state index in [1.165, 1.54) is 24.1 Å². The van der Waals surface area contributed by atoms with Crippen LogP contribution in [0.15, 0.2) is 29.5 Å². The lowest BCUT2D eigenvalue weighted by atomic mass is 9.99. The van der Waals surface area contributed by atoms with Crippen LogP contribution < -0.4 is 5.32 Å². The molecule has 1 aromatic carbocycles. The molecule has 25 heavy (non-hydrogen) atoms. The molecule has 0 saturated carbocycles. The molecule has 2 N–H and O–H groups in total. The highest BCUT2D eigenvalue weighted by Crippen LogP contribution is 2.27. The fourth-order valence-corrected chi connectivity index (χ4v) is 3.60. The molecule has 0 atom stereocenters. The van der Waals surface area contributed by atoms with Crippen molar-refractivity contribution in [2.45, 2.75) is 38.5 Å². The number of hydrogen-bond acceptors (Lipinski definition) is 3. The predicted molar refractivity (Wildman–Crippen MR) is 93.5 cm³/mol. The van der Waals surface area contributed by atoms with Crippen molar-refractivity contribution in [1.82, 2.24) is 0 Å². The molecular weight excluding hydrogens is 371 g/mol. The predicted octanol–water partition coefficient (Wildman–Crippen LogP) is 2.51. The molecule has 1 aliphatic rings. The molecule has 0 saturated heterocycles. The zero-order valence-electron chi connectivity index (χ0n) is 14.8. The van der Waals surface area contributed by atoms with E-state index in [4.69, 9.17) is 13.0 Å². The third-order valence-corrected chi connectivity index (χ3v) is 7.29. The molecule has 9 heteroatoms. The minimum absolute atomic E-state index is 1.16. The van der Waals surface area contributed by atoms with Gasteiger partial charge in [0.2, 0.25) is 0 Å². The number of quaternary nitrogens is 1. The first kappa shape index (κ1) is 21.9. The largest absolute Gasteiger partial charge is 0.741 e. The van der Waals surface area contributed by atoms with Gasteiger partial charge in [-0.3, -0.25) is 0 Å². The minimum atomic E-state index is -6.09. The summed E-state index contributed by atoms with van der Waals surface area (Å²) in [6.45, 7) is 12.1. The van der Waals surface area contributed by atoms with Gasteiger partial charge in [0.25, 0.3) is 0 Å². The Kier molecular flexibility index (Phi) is 7.02. The monoisotopic (exact) mass is 395 g/mol. The smallest absolute Gasteiger partial charge is 0.485 e. The van der Waals surface area contributed by atoms with E-state index < -0.39 is 23.7 Å². The van der Waals surface area contributed by atoms with Crippen LogP contribution >= 0.6 is 0 Å². The van der Waals surface area contributed by atoms with E-state index in [2.05, 4.69) is 56.1 Å². The number of rotatable bonds is 1. The van der Waals surface area contributed by atoms with Gasteiger partial charge >= 0.3 is 5.51 Å². The molecule has 0 amide bonds. The van der Waals surface area contributed by atoms with Crippen LogP contribution in [-0.4, -0.2) is 39.6 Å². The second kappa shape index (κ2) is 8.03. The van der Waals surface area contributed by atoms with Crippen molar-refractivity contribution in [3.63, 3.8) is 0 Å². The van der Waals surface area contributed by atoms with E-state index in [9.17, 15) is 13.2 Å². The Morgan fingerprint density at radius 1 is 1.20 bits per heavy atom. The van der Waals surface area contributed by atoms with Crippen LogP contribution in [0.25, 0.3) is 5.57 Å². The summed E-state index contributed by atoms with van der Waals surface area (Å²) in [5, 5.41) is 4.13. The van der Waals surface area contributed by atoms with Crippen molar-refractivity contribution >= 4 is 23.8 Å². The topological polar surface area (TPSA) is 73.8 Å². The maximum Gasteiger partial charge on any atom is 0.485 e. The van der Waals surface area contributed by atoms with Crippen LogP contribution in [0.4, 0.5) is 13.2 Å². The van der Waals surface area contributed by atoms with Gasteiger partial charge in [-0.05, 0) is 18.1 Å². The average molecular weight is 396 g/mol. The summed E-state index contributed by atoms with van der Waals surface area (Å²) in [6, 6.07) is 8.97. The van der Waals surface area contributed by atoms with E-state index in [1.807, 2.05) is 0 Å². The van der Waals surface area contributed by atoms with Crippen LogP contribution in [0.3, 0.4) is 0 Å². The lowest BCUT2D eigenvalue weighted by molar-refractivity contribution is -0.642. The zero-order valence-corrected chi connectivity index (χ0v) is 16.6. The second-order valence-corrected chi connectivity index (χ2v) is 13.6. The molecule has 0 bridgehead atoms. The van der Waals surface area contributed by atoms with Crippen LogP contribution in [0.5, 0.6) is 0 Å². The van der Waals surface area contributed by atoms with E-state index in [-0.39, 0.29) is 0 Å². The molecule has 0 radical (unpaired) electrons. The fraction of sp³-hybridized carbons (Fsp3) is 0.500. The summed E-state index contributed by atoms with van der Waals surface area (Å²) in [5.74, 6) is 0. The number of hydrogen-bond donors (Lipinski definition) is 1. The standard InChI is InChI=1S/C15H23NSi.CHF3O3S/c1-12(17(2,3)4)15-11-16-10-9-13-7-5-6-8-14(13)15;2-1(3,4)8(5,6)7/h5-8,16H,9-11H2,1-4H3;(H,5,6,7)/b15-12+;. The highest BCUT2D eigenvalue weighted by atomic mass is 32.2. The van der Waals surface area contributed by atoms with Gasteiger partial charge in [0.1, 0.15) is 6.54 Å². The normalized spacial score (nSPS) is 17.8. The summed E-state index contributed by atoms with van der Waals surface area (Å²) in [7, 11) is -7.27. The third-order valence-electron chi connectivity index (χ3n) is 4.17. The average Bonchev–Trinajstić information content (AvgIpc) is 2.66. The summed E-state index contributed by atoms with van der Waals surface area (Å²) in [6.07, 6.45) is 1.21. The SMILES string of the molecule is C/C(=C1/C[NH2+]CCc2ccccc21)[Si](C)(C)C.O=S(=O)([O-])C(F)(F)F. The van der Waals surface area contributed by atoms with Crippen LogP contribution in [0, 0.1) is 0 Å². The summed E-state index contributed by atoms with van der Waals surface area (Å²) >= 11 is 0. The van der Waals surface area contributed by atoms with Gasteiger partial charge in [0.05, 0.1) is 14.6 Å². The van der Waals surface area contributed by atoms with E-state index in [0.717, 1.165) is 6.54 Å². The maximum absolute atomic E-state index is 10.7. The number of benzene rings is 1. The molecular formula is C16H24F3NO3SSi. The van der Waals surface area contributed by atoms with E-state index in [1.54, 1.807) is 10.8 Å². The summed E-state index contributed by atoms with van der Waals surface area (Å²) in [5.41, 5.74) is -0.986. The first-order chi connectivity index (χ1) is 11.2. The number of halogens is 3. The van der Waals surface area contributed by atoms with Crippen molar-refractivity contribution < 1.29 is 31.5 Å². The van der Waals surface area contributed by atoms with Crippen LogP contribution in [-0.2, 0) is 16.5 Å². The van der Waals surface area contributed by atoms with Crippen LogP contribution in [0.2, 0.25) is 19.6 Å². The molecule has 0 aromatic heterocycles. The van der Waals surface area contributed by atoms with E-state index in [0.29, 0.717) is 0 Å². The molecule has 2 rings (SSSR count). The van der Waals surface area contributed by atoms with Crippen molar-refractivity contribution in [2.24, 2.45) is 0 Å². The van der Waals surface area contributed by atoms with Crippen molar-refractivity contribution in [1.29, 1.82) is 0 Å². The number of fused-ring (bicyclic) bond motifs is 1. The summed E-state index contributed by atoms with van der Waals surface area (Å²) in [4.78, 5) is 0. The highest BCUT2D eigenvalue weighted by molar-refractivity contribution is 7.86. The Morgan fingerprint density at radius 2 is 1.72 bits per heavy atom. The molecule has 0 aliphatic carbocycles. The lowest BCUT2D eigenvalue weighted by Crippen LogP contribution is -2.84. The molecule has 0 unspecified atom stereocenters. The van der Waals surface area contributed by atoms with Crippen molar-refractivity contribution in [2.75, 3.05) is 13.1 Å². The Morgan fingerprint density at radius 3 is 2.20 bits per heavy atom. The highest BCUT2D eigenvalue weighted by Gasteiger charge is 2.36. The fourth-order valence-electron chi connectivity index (χ4n) is 2.45. The van der Waals surface area contributed by atoms with Gasteiger partial charge in [0, 0.05) is 12.0 Å². The zero-order chi connectivity index (χ0) is 19.5. The maximum atomic E-state index is 10.7. The third kappa shape index (κ3) is 6.25. The van der Waals surface area contributed by atoms with E-state index >= 15 is 0 Å². The Balaban J connectivity index is 0.000000333. The number of alkyl halides is 3. The molecule has 0 fully saturated rings. The Hall–Kier alpha value is -1.16. The molecule has 1 aromatic rings. The summed E-state index contributed by atoms with van der Waals surface area (Å²) < 4.78 is 58.9. The molecule has 1 aliphatic heterocycles. The van der Waals surface area contributed by atoms with Gasteiger partial charge in [-0.25, -0.2) is 8.42 Å².